The fourth-order valence-corrected chi connectivity index (χ4v) is 2.35. The number of ether oxygens (including phenoxy) is 4. The molecule has 0 aromatic heterocycles. The van der Waals surface area contributed by atoms with Gasteiger partial charge in [-0.15, -0.1) is 0 Å². The third-order valence-corrected chi connectivity index (χ3v) is 3.62. The van der Waals surface area contributed by atoms with E-state index in [-0.39, 0.29) is 12.6 Å². The van der Waals surface area contributed by atoms with E-state index in [2.05, 4.69) is 4.74 Å². The number of hydrogen-bond acceptors (Lipinski definition) is 6. The van der Waals surface area contributed by atoms with Crippen molar-refractivity contribution in [1.82, 2.24) is 0 Å². The molecule has 26 heavy (non-hydrogen) atoms. The fourth-order valence-electron chi connectivity index (χ4n) is 2.35. The molecular formula is C20H22O6. The molecule has 0 aliphatic carbocycles. The van der Waals surface area contributed by atoms with E-state index in [0.717, 1.165) is 11.1 Å². The van der Waals surface area contributed by atoms with Crippen molar-refractivity contribution < 1.29 is 28.5 Å². The van der Waals surface area contributed by atoms with Gasteiger partial charge in [-0.2, -0.15) is 0 Å². The zero-order chi connectivity index (χ0) is 18.8. The van der Waals surface area contributed by atoms with Crippen molar-refractivity contribution in [1.29, 1.82) is 0 Å². The van der Waals surface area contributed by atoms with Gasteiger partial charge < -0.3 is 18.9 Å². The van der Waals surface area contributed by atoms with Crippen molar-refractivity contribution in [3.8, 4) is 11.5 Å². The molecule has 0 spiro atoms. The maximum absolute atomic E-state index is 12.2. The third-order valence-electron chi connectivity index (χ3n) is 3.62. The monoisotopic (exact) mass is 358 g/mol. The van der Waals surface area contributed by atoms with Gasteiger partial charge in [-0.3, -0.25) is 4.79 Å². The predicted molar refractivity (Wildman–Crippen MR) is 95.4 cm³/mol. The van der Waals surface area contributed by atoms with Crippen LogP contribution >= 0.6 is 0 Å². The highest BCUT2D eigenvalue weighted by Crippen LogP contribution is 2.35. The summed E-state index contributed by atoms with van der Waals surface area (Å²) in [7, 11) is 0. The minimum atomic E-state index is -0.353. The zero-order valence-corrected chi connectivity index (χ0v) is 14.9. The molecule has 0 saturated heterocycles. The Morgan fingerprint density at radius 3 is 2.50 bits per heavy atom. The first-order valence-electron chi connectivity index (χ1n) is 8.32. The summed E-state index contributed by atoms with van der Waals surface area (Å²) in [6.45, 7) is 5.79. The van der Waals surface area contributed by atoms with E-state index in [1.807, 2.05) is 37.3 Å². The normalized spacial score (nSPS) is 11.6. The van der Waals surface area contributed by atoms with Crippen LogP contribution in [0.25, 0.3) is 0 Å². The molecule has 1 aliphatic heterocycles. The first-order chi connectivity index (χ1) is 12.7. The number of hydrogen-bond donors (Lipinski definition) is 0. The molecule has 3 rings (SSSR count). The van der Waals surface area contributed by atoms with Crippen molar-refractivity contribution in [3.63, 3.8) is 0 Å². The molecule has 6 heteroatoms. The van der Waals surface area contributed by atoms with Gasteiger partial charge in [0.2, 0.25) is 0 Å². The van der Waals surface area contributed by atoms with Crippen molar-refractivity contribution in [3.05, 3.63) is 59.2 Å². The van der Waals surface area contributed by atoms with E-state index < -0.39 is 0 Å². The van der Waals surface area contributed by atoms with Crippen LogP contribution in [0.2, 0.25) is 0 Å². The molecule has 0 unspecified atom stereocenters. The van der Waals surface area contributed by atoms with Crippen LogP contribution in [0.3, 0.4) is 0 Å². The molecule has 0 saturated carbocycles. The largest absolute Gasteiger partial charge is 0.486 e. The van der Waals surface area contributed by atoms with Crippen LogP contribution in [0.5, 0.6) is 11.5 Å². The Hall–Kier alpha value is -3.02. The second kappa shape index (κ2) is 10.1. The molecule has 0 N–H and O–H groups in total. The van der Waals surface area contributed by atoms with Crippen LogP contribution in [-0.2, 0) is 20.9 Å². The molecule has 0 radical (unpaired) electrons. The standard InChI is InChI=1S/C17H16O4.C3H6O2/c1-12-14(7-8-15-16(12)20-10-9-19-15)17(18)21-11-13-5-3-2-4-6-13;1-2-5-3-4/h2-8H,9-11H2,1H3;3H,2H2,1H3. The SMILES string of the molecule is CCOC=O.Cc1c(C(=O)OCc2ccccc2)ccc2c1OCCO2. The van der Waals surface area contributed by atoms with Gasteiger partial charge in [0.05, 0.1) is 12.2 Å². The average molecular weight is 358 g/mol. The van der Waals surface area contributed by atoms with Crippen LogP contribution in [0.1, 0.15) is 28.4 Å². The molecule has 138 valence electrons. The van der Waals surface area contributed by atoms with Gasteiger partial charge in [-0.25, -0.2) is 4.79 Å². The van der Waals surface area contributed by atoms with E-state index in [0.29, 0.717) is 43.4 Å². The summed E-state index contributed by atoms with van der Waals surface area (Å²) in [5, 5.41) is 0. The number of carbonyl (C=O) groups excluding carboxylic acids is 2. The van der Waals surface area contributed by atoms with Gasteiger partial charge >= 0.3 is 5.97 Å². The Balaban J connectivity index is 0.000000431. The van der Waals surface area contributed by atoms with Crippen LogP contribution in [-0.4, -0.2) is 32.3 Å². The molecule has 0 amide bonds. The summed E-state index contributed by atoms with van der Waals surface area (Å²) < 4.78 is 20.6. The molecule has 0 bridgehead atoms. The quantitative estimate of drug-likeness (QED) is 0.603. The topological polar surface area (TPSA) is 71.1 Å². The molecule has 0 atom stereocenters. The van der Waals surface area contributed by atoms with Crippen molar-refractivity contribution in [2.75, 3.05) is 19.8 Å². The van der Waals surface area contributed by atoms with Gasteiger partial charge in [0, 0.05) is 5.56 Å². The Morgan fingerprint density at radius 1 is 1.12 bits per heavy atom. The Kier molecular flexibility index (Phi) is 7.49. The number of esters is 1. The lowest BCUT2D eigenvalue weighted by atomic mass is 10.1. The first-order valence-corrected chi connectivity index (χ1v) is 8.32. The molecule has 2 aromatic carbocycles. The van der Waals surface area contributed by atoms with Gasteiger partial charge in [0.15, 0.2) is 11.5 Å². The summed E-state index contributed by atoms with van der Waals surface area (Å²) >= 11 is 0. The number of carbonyl (C=O) groups is 2. The molecule has 1 aliphatic rings. The van der Waals surface area contributed by atoms with Gasteiger partial charge in [0.25, 0.3) is 6.47 Å². The summed E-state index contributed by atoms with van der Waals surface area (Å²) in [6, 6.07) is 13.1. The molecule has 6 nitrogen and oxygen atoms in total. The second-order valence-electron chi connectivity index (χ2n) is 5.38. The Bertz CT molecular complexity index is 727. The first kappa shape index (κ1) is 19.3. The highest BCUT2D eigenvalue weighted by molar-refractivity contribution is 5.92. The van der Waals surface area contributed by atoms with E-state index >= 15 is 0 Å². The van der Waals surface area contributed by atoms with E-state index in [4.69, 9.17) is 14.2 Å². The van der Waals surface area contributed by atoms with Crippen LogP contribution < -0.4 is 9.47 Å². The van der Waals surface area contributed by atoms with Crippen molar-refractivity contribution in [2.24, 2.45) is 0 Å². The molecular weight excluding hydrogens is 336 g/mol. The highest BCUT2D eigenvalue weighted by atomic mass is 16.6. The predicted octanol–water partition coefficient (Wildman–Crippen LogP) is 3.30. The Labute approximate surface area is 152 Å². The fraction of sp³-hybridized carbons (Fsp3) is 0.300. The summed E-state index contributed by atoms with van der Waals surface area (Å²) in [4.78, 5) is 21.4. The van der Waals surface area contributed by atoms with Crippen LogP contribution in [0, 0.1) is 6.92 Å². The minimum absolute atomic E-state index is 0.257. The maximum atomic E-state index is 12.2. The van der Waals surface area contributed by atoms with Gasteiger partial charge in [0.1, 0.15) is 19.8 Å². The van der Waals surface area contributed by atoms with Crippen LogP contribution in [0.15, 0.2) is 42.5 Å². The number of benzene rings is 2. The number of rotatable bonds is 5. The average Bonchev–Trinajstić information content (AvgIpc) is 2.68. The molecule has 1 heterocycles. The maximum Gasteiger partial charge on any atom is 0.338 e. The van der Waals surface area contributed by atoms with Crippen LogP contribution in [0.4, 0.5) is 0 Å². The third kappa shape index (κ3) is 5.24. The van der Waals surface area contributed by atoms with Crippen molar-refractivity contribution in [2.45, 2.75) is 20.5 Å². The van der Waals surface area contributed by atoms with Gasteiger partial charge in [-0.1, -0.05) is 30.3 Å². The summed E-state index contributed by atoms with van der Waals surface area (Å²) in [5.41, 5.74) is 2.22. The second-order valence-corrected chi connectivity index (χ2v) is 5.38. The summed E-state index contributed by atoms with van der Waals surface area (Å²) in [5.74, 6) is 0.960. The zero-order valence-electron chi connectivity index (χ0n) is 14.9. The highest BCUT2D eigenvalue weighted by Gasteiger charge is 2.20. The van der Waals surface area contributed by atoms with E-state index in [1.165, 1.54) is 0 Å². The number of fused-ring (bicyclic) bond motifs is 1. The van der Waals surface area contributed by atoms with Crippen molar-refractivity contribution >= 4 is 12.4 Å². The lowest BCUT2D eigenvalue weighted by Gasteiger charge is -2.21. The lowest BCUT2D eigenvalue weighted by Crippen LogP contribution is -2.17. The molecule has 2 aromatic rings. The Morgan fingerprint density at radius 2 is 1.85 bits per heavy atom. The van der Waals surface area contributed by atoms with E-state index in [1.54, 1.807) is 19.1 Å². The smallest absolute Gasteiger partial charge is 0.338 e. The lowest BCUT2D eigenvalue weighted by molar-refractivity contribution is -0.128. The summed E-state index contributed by atoms with van der Waals surface area (Å²) in [6.07, 6.45) is 0. The minimum Gasteiger partial charge on any atom is -0.486 e. The molecule has 0 fully saturated rings. The van der Waals surface area contributed by atoms with Gasteiger partial charge in [-0.05, 0) is 31.5 Å². The van der Waals surface area contributed by atoms with E-state index in [9.17, 15) is 9.59 Å².